The average Bonchev–Trinajstić information content (AvgIpc) is 2.63. The van der Waals surface area contributed by atoms with Crippen LogP contribution in [0.3, 0.4) is 0 Å². The van der Waals surface area contributed by atoms with Crippen molar-refractivity contribution in [3.63, 3.8) is 0 Å². The van der Waals surface area contributed by atoms with E-state index in [4.69, 9.17) is 4.84 Å². The summed E-state index contributed by atoms with van der Waals surface area (Å²) < 4.78 is 0. The van der Waals surface area contributed by atoms with Crippen LogP contribution in [0.1, 0.15) is 26.3 Å². The highest BCUT2D eigenvalue weighted by Gasteiger charge is 2.34. The number of benzene rings is 1. The highest BCUT2D eigenvalue weighted by molar-refractivity contribution is 5.96. The standard InChI is InChI=1S/C15H20N2O2/c1-4-19-16-14-11(2)12(3)15(18)17(14)10-13-8-6-5-7-9-13/h5-9,14,16H,4,10H2,1-3H3. The van der Waals surface area contributed by atoms with E-state index in [0.717, 1.165) is 16.7 Å². The van der Waals surface area contributed by atoms with E-state index in [0.29, 0.717) is 13.2 Å². The summed E-state index contributed by atoms with van der Waals surface area (Å²) in [6.07, 6.45) is -0.173. The predicted molar refractivity (Wildman–Crippen MR) is 73.9 cm³/mol. The van der Waals surface area contributed by atoms with Crippen LogP contribution in [-0.4, -0.2) is 23.6 Å². The van der Waals surface area contributed by atoms with E-state index in [1.54, 1.807) is 4.90 Å². The maximum Gasteiger partial charge on any atom is 0.251 e. The number of carbonyl (C=O) groups excluding carboxylic acids is 1. The molecule has 1 aromatic carbocycles. The quantitative estimate of drug-likeness (QED) is 0.825. The summed E-state index contributed by atoms with van der Waals surface area (Å²) >= 11 is 0. The van der Waals surface area contributed by atoms with Crippen LogP contribution in [0.2, 0.25) is 0 Å². The molecule has 0 spiro atoms. The molecule has 0 saturated heterocycles. The zero-order valence-corrected chi connectivity index (χ0v) is 11.6. The van der Waals surface area contributed by atoms with Crippen LogP contribution in [0.4, 0.5) is 0 Å². The number of nitrogens with zero attached hydrogens (tertiary/aromatic N) is 1. The first-order valence-corrected chi connectivity index (χ1v) is 6.54. The minimum atomic E-state index is -0.173. The minimum Gasteiger partial charge on any atom is -0.313 e. The first-order valence-electron chi connectivity index (χ1n) is 6.54. The maximum absolute atomic E-state index is 12.3. The van der Waals surface area contributed by atoms with Gasteiger partial charge >= 0.3 is 0 Å². The van der Waals surface area contributed by atoms with E-state index in [-0.39, 0.29) is 12.1 Å². The molecule has 4 nitrogen and oxygen atoms in total. The van der Waals surface area contributed by atoms with E-state index in [1.807, 2.05) is 51.1 Å². The Bertz CT molecular complexity index is 482. The normalized spacial score (nSPS) is 19.4. The van der Waals surface area contributed by atoms with Crippen LogP contribution in [0.5, 0.6) is 0 Å². The van der Waals surface area contributed by atoms with Crippen molar-refractivity contribution < 1.29 is 9.63 Å². The van der Waals surface area contributed by atoms with Gasteiger partial charge in [0, 0.05) is 12.1 Å². The molecule has 1 N–H and O–H groups in total. The Hall–Kier alpha value is -1.65. The fraction of sp³-hybridized carbons (Fsp3) is 0.400. The Morgan fingerprint density at radius 3 is 2.58 bits per heavy atom. The molecule has 4 heteroatoms. The Balaban J connectivity index is 2.16. The van der Waals surface area contributed by atoms with Gasteiger partial charge in [-0.25, -0.2) is 0 Å². The van der Waals surface area contributed by atoms with Gasteiger partial charge in [0.2, 0.25) is 0 Å². The van der Waals surface area contributed by atoms with Crippen LogP contribution in [0.25, 0.3) is 0 Å². The summed E-state index contributed by atoms with van der Waals surface area (Å²) in [6.45, 7) is 6.89. The molecule has 0 aromatic heterocycles. The van der Waals surface area contributed by atoms with E-state index in [1.165, 1.54) is 0 Å². The topological polar surface area (TPSA) is 41.6 Å². The highest BCUT2D eigenvalue weighted by Crippen LogP contribution is 2.25. The first-order chi connectivity index (χ1) is 9.15. The van der Waals surface area contributed by atoms with E-state index < -0.39 is 0 Å². The molecular formula is C15H20N2O2. The lowest BCUT2D eigenvalue weighted by Gasteiger charge is -2.26. The molecule has 2 rings (SSSR count). The third-order valence-electron chi connectivity index (χ3n) is 3.43. The van der Waals surface area contributed by atoms with Crippen LogP contribution in [0.15, 0.2) is 41.5 Å². The Kier molecular flexibility index (Phi) is 4.35. The molecule has 1 atom stereocenters. The molecule has 19 heavy (non-hydrogen) atoms. The molecule has 1 aromatic rings. The van der Waals surface area contributed by atoms with Crippen molar-refractivity contribution in [1.82, 2.24) is 10.4 Å². The van der Waals surface area contributed by atoms with Gasteiger partial charge in [-0.15, -0.1) is 0 Å². The summed E-state index contributed by atoms with van der Waals surface area (Å²) in [4.78, 5) is 19.3. The Morgan fingerprint density at radius 2 is 1.95 bits per heavy atom. The van der Waals surface area contributed by atoms with Gasteiger partial charge in [0.05, 0.1) is 6.61 Å². The van der Waals surface area contributed by atoms with Gasteiger partial charge in [0.1, 0.15) is 6.17 Å². The van der Waals surface area contributed by atoms with Gasteiger partial charge in [-0.2, -0.15) is 5.48 Å². The van der Waals surface area contributed by atoms with Crippen LogP contribution in [0, 0.1) is 0 Å². The van der Waals surface area contributed by atoms with Crippen molar-refractivity contribution in [3.05, 3.63) is 47.0 Å². The molecule has 1 unspecified atom stereocenters. The average molecular weight is 260 g/mol. The lowest BCUT2D eigenvalue weighted by molar-refractivity contribution is -0.131. The number of carbonyl (C=O) groups is 1. The van der Waals surface area contributed by atoms with Crippen molar-refractivity contribution >= 4 is 5.91 Å². The summed E-state index contributed by atoms with van der Waals surface area (Å²) in [5.74, 6) is 0.0681. The fourth-order valence-electron chi connectivity index (χ4n) is 2.20. The Labute approximate surface area is 114 Å². The van der Waals surface area contributed by atoms with Crippen molar-refractivity contribution in [1.29, 1.82) is 0 Å². The molecule has 0 saturated carbocycles. The molecule has 1 aliphatic heterocycles. The summed E-state index contributed by atoms with van der Waals surface area (Å²) in [6, 6.07) is 9.98. The molecule has 0 aliphatic carbocycles. The monoisotopic (exact) mass is 260 g/mol. The number of rotatable bonds is 5. The van der Waals surface area contributed by atoms with Crippen molar-refractivity contribution in [2.45, 2.75) is 33.5 Å². The number of hydrogen-bond donors (Lipinski definition) is 1. The van der Waals surface area contributed by atoms with Gasteiger partial charge in [-0.05, 0) is 31.9 Å². The molecular weight excluding hydrogens is 240 g/mol. The second kappa shape index (κ2) is 5.99. The van der Waals surface area contributed by atoms with Gasteiger partial charge in [-0.3, -0.25) is 9.63 Å². The fourth-order valence-corrected chi connectivity index (χ4v) is 2.20. The third kappa shape index (κ3) is 2.85. The summed E-state index contributed by atoms with van der Waals surface area (Å²) in [5.41, 5.74) is 5.89. The second-order valence-corrected chi connectivity index (χ2v) is 4.68. The first kappa shape index (κ1) is 13.8. The predicted octanol–water partition coefficient (Wildman–Crippen LogP) is 2.23. The van der Waals surface area contributed by atoms with E-state index in [2.05, 4.69) is 5.48 Å². The number of hydrogen-bond acceptors (Lipinski definition) is 3. The smallest absolute Gasteiger partial charge is 0.251 e. The lowest BCUT2D eigenvalue weighted by Crippen LogP contribution is -2.44. The zero-order valence-electron chi connectivity index (χ0n) is 11.6. The maximum atomic E-state index is 12.3. The SMILES string of the molecule is CCONC1C(C)=C(C)C(=O)N1Cc1ccccc1. The molecule has 1 heterocycles. The molecule has 1 amide bonds. The van der Waals surface area contributed by atoms with Crippen LogP contribution < -0.4 is 5.48 Å². The van der Waals surface area contributed by atoms with Crippen molar-refractivity contribution in [2.75, 3.05) is 6.61 Å². The zero-order chi connectivity index (χ0) is 13.8. The largest absolute Gasteiger partial charge is 0.313 e. The molecule has 0 fully saturated rings. The highest BCUT2D eigenvalue weighted by atomic mass is 16.6. The van der Waals surface area contributed by atoms with Crippen molar-refractivity contribution in [3.8, 4) is 0 Å². The van der Waals surface area contributed by atoms with Gasteiger partial charge in [0.15, 0.2) is 0 Å². The molecule has 102 valence electrons. The van der Waals surface area contributed by atoms with Crippen LogP contribution >= 0.6 is 0 Å². The molecule has 0 bridgehead atoms. The number of amides is 1. The van der Waals surface area contributed by atoms with E-state index >= 15 is 0 Å². The molecule has 0 radical (unpaired) electrons. The summed E-state index contributed by atoms with van der Waals surface area (Å²) in [5, 5.41) is 0. The third-order valence-corrected chi connectivity index (χ3v) is 3.43. The number of nitrogens with one attached hydrogen (secondary N) is 1. The Morgan fingerprint density at radius 1 is 1.26 bits per heavy atom. The van der Waals surface area contributed by atoms with Crippen LogP contribution in [-0.2, 0) is 16.2 Å². The van der Waals surface area contributed by atoms with Crippen molar-refractivity contribution in [2.24, 2.45) is 0 Å². The molecule has 1 aliphatic rings. The van der Waals surface area contributed by atoms with Gasteiger partial charge in [-0.1, -0.05) is 30.3 Å². The van der Waals surface area contributed by atoms with Gasteiger partial charge < -0.3 is 4.90 Å². The van der Waals surface area contributed by atoms with E-state index in [9.17, 15) is 4.79 Å². The second-order valence-electron chi connectivity index (χ2n) is 4.68. The minimum absolute atomic E-state index is 0.0681. The lowest BCUT2D eigenvalue weighted by atomic mass is 10.2. The summed E-state index contributed by atoms with van der Waals surface area (Å²) in [7, 11) is 0. The van der Waals surface area contributed by atoms with Gasteiger partial charge in [0.25, 0.3) is 5.91 Å². The number of hydroxylamine groups is 1.